The van der Waals surface area contributed by atoms with E-state index in [0.717, 1.165) is 76.5 Å². The number of fused-ring (bicyclic) bond motifs is 9. The fourth-order valence-corrected chi connectivity index (χ4v) is 5.10. The Bertz CT molecular complexity index is 1900. The van der Waals surface area contributed by atoms with Crippen molar-refractivity contribution in [3.63, 3.8) is 0 Å². The van der Waals surface area contributed by atoms with Crippen LogP contribution in [0, 0.1) is 0 Å². The number of para-hydroxylation sites is 2. The predicted octanol–water partition coefficient (Wildman–Crippen LogP) is 6.46. The van der Waals surface area contributed by atoms with Crippen molar-refractivity contribution < 1.29 is 21.1 Å². The van der Waals surface area contributed by atoms with Gasteiger partial charge in [0, 0.05) is 0 Å². The van der Waals surface area contributed by atoms with E-state index >= 15 is 0 Å². The quantitative estimate of drug-likeness (QED) is 0.200. The van der Waals surface area contributed by atoms with Gasteiger partial charge in [0.15, 0.2) is 0 Å². The molecule has 8 bridgehead atoms. The molecule has 0 aliphatic carbocycles. The van der Waals surface area contributed by atoms with Gasteiger partial charge in [0.25, 0.3) is 0 Å². The van der Waals surface area contributed by atoms with E-state index in [4.69, 9.17) is 19.9 Å². The zero-order chi connectivity index (χ0) is 20.8. The molecule has 5 heterocycles. The Hall–Kier alpha value is -3.75. The SMILES string of the molecule is [Pt+2].c1cc2nc(c1)c1cccc3c4ccc5c6cccc(c7cccc2n7)c6[n-]c5c4[n-]c13. The fourth-order valence-electron chi connectivity index (χ4n) is 5.10. The number of nitrogens with zero attached hydrogens (tertiary/aromatic N) is 4. The normalized spacial score (nSPS) is 12.0. The van der Waals surface area contributed by atoms with Crippen LogP contribution in [0.1, 0.15) is 0 Å². The Morgan fingerprint density at radius 2 is 0.727 bits per heavy atom. The molecule has 0 N–H and O–H groups in total. The molecule has 8 rings (SSSR count). The average Bonchev–Trinajstić information content (AvgIpc) is 3.42. The van der Waals surface area contributed by atoms with Crippen LogP contribution >= 0.6 is 0 Å². The van der Waals surface area contributed by atoms with Crippen LogP contribution in [0.3, 0.4) is 0 Å². The van der Waals surface area contributed by atoms with E-state index in [1.165, 1.54) is 0 Å². The first-order valence-electron chi connectivity index (χ1n) is 10.7. The summed E-state index contributed by atoms with van der Waals surface area (Å²) in [5, 5.41) is 6.57. The van der Waals surface area contributed by atoms with Crippen molar-refractivity contribution in [2.75, 3.05) is 0 Å². The molecule has 0 radical (unpaired) electrons. The molecule has 8 aromatic rings. The predicted molar refractivity (Wildman–Crippen MR) is 131 cm³/mol. The number of aromatic nitrogens is 4. The van der Waals surface area contributed by atoms with E-state index in [2.05, 4.69) is 48.5 Å². The van der Waals surface area contributed by atoms with E-state index < -0.39 is 0 Å². The summed E-state index contributed by atoms with van der Waals surface area (Å²) < 4.78 is 0. The molecule has 0 fully saturated rings. The minimum Gasteiger partial charge on any atom is -0.657 e. The fraction of sp³-hybridized carbons (Fsp3) is 0. The second-order valence-corrected chi connectivity index (χ2v) is 8.30. The number of hydrogen-bond donors (Lipinski definition) is 0. The summed E-state index contributed by atoms with van der Waals surface area (Å²) in [7, 11) is 0. The zero-order valence-electron chi connectivity index (χ0n) is 17.2. The van der Waals surface area contributed by atoms with Crippen molar-refractivity contribution in [1.82, 2.24) is 19.9 Å². The summed E-state index contributed by atoms with van der Waals surface area (Å²) in [6.07, 6.45) is 0. The Labute approximate surface area is 201 Å². The third kappa shape index (κ3) is 2.44. The maximum absolute atomic E-state index is 5.13. The number of hydrogen-bond acceptors (Lipinski definition) is 2. The summed E-state index contributed by atoms with van der Waals surface area (Å²) in [5.41, 5.74) is 7.31. The largest absolute Gasteiger partial charge is 2.00 e. The summed E-state index contributed by atoms with van der Waals surface area (Å²) in [4.78, 5) is 20.2. The van der Waals surface area contributed by atoms with Crippen molar-refractivity contribution in [2.45, 2.75) is 0 Å². The first-order chi connectivity index (χ1) is 15.8. The first-order valence-corrected chi connectivity index (χ1v) is 10.7. The molecule has 0 saturated carbocycles. The summed E-state index contributed by atoms with van der Waals surface area (Å²) in [6.45, 7) is 0. The number of pyridine rings is 2. The molecule has 0 saturated heterocycles. The van der Waals surface area contributed by atoms with Gasteiger partial charge in [0.2, 0.25) is 0 Å². The van der Waals surface area contributed by atoms with Gasteiger partial charge in [-0.25, -0.2) is 9.97 Å². The Balaban J connectivity index is 0.00000190. The molecule has 156 valence electrons. The van der Waals surface area contributed by atoms with Crippen LogP contribution in [0.2, 0.25) is 0 Å². The van der Waals surface area contributed by atoms with E-state index in [1.54, 1.807) is 0 Å². The molecule has 4 nitrogen and oxygen atoms in total. The molecule has 0 aliphatic heterocycles. The zero-order valence-corrected chi connectivity index (χ0v) is 19.5. The van der Waals surface area contributed by atoms with Crippen molar-refractivity contribution in [2.24, 2.45) is 0 Å². The molecular formula is C28H14N4Pt. The van der Waals surface area contributed by atoms with Crippen molar-refractivity contribution in [3.8, 4) is 0 Å². The monoisotopic (exact) mass is 601 g/mol. The van der Waals surface area contributed by atoms with Crippen LogP contribution in [0.4, 0.5) is 0 Å². The molecule has 0 amide bonds. The van der Waals surface area contributed by atoms with Gasteiger partial charge in [-0.3, -0.25) is 0 Å². The van der Waals surface area contributed by atoms with Gasteiger partial charge in [-0.05, 0) is 56.6 Å². The second-order valence-electron chi connectivity index (χ2n) is 8.30. The smallest absolute Gasteiger partial charge is 0.657 e. The third-order valence-corrected chi connectivity index (χ3v) is 6.56. The van der Waals surface area contributed by atoms with Gasteiger partial charge in [-0.1, -0.05) is 60.7 Å². The Morgan fingerprint density at radius 3 is 1.21 bits per heavy atom. The van der Waals surface area contributed by atoms with Crippen molar-refractivity contribution in [3.05, 3.63) is 84.9 Å². The molecule has 0 atom stereocenters. The van der Waals surface area contributed by atoms with E-state index in [1.807, 2.05) is 36.4 Å². The number of benzene rings is 3. The third-order valence-electron chi connectivity index (χ3n) is 6.56. The van der Waals surface area contributed by atoms with Crippen LogP contribution in [0.5, 0.6) is 0 Å². The average molecular weight is 602 g/mol. The minimum atomic E-state index is 0. The first kappa shape index (κ1) is 18.8. The summed E-state index contributed by atoms with van der Waals surface area (Å²) >= 11 is 0. The van der Waals surface area contributed by atoms with Crippen LogP contribution < -0.4 is 9.97 Å². The van der Waals surface area contributed by atoms with E-state index in [-0.39, 0.29) is 21.1 Å². The minimum absolute atomic E-state index is 0. The van der Waals surface area contributed by atoms with Crippen molar-refractivity contribution >= 4 is 76.5 Å². The molecule has 0 unspecified atom stereocenters. The van der Waals surface area contributed by atoms with Gasteiger partial charge in [-0.15, -0.1) is 22.1 Å². The topological polar surface area (TPSA) is 54.0 Å². The molecule has 5 aromatic heterocycles. The molecule has 33 heavy (non-hydrogen) atoms. The van der Waals surface area contributed by atoms with E-state index in [9.17, 15) is 0 Å². The van der Waals surface area contributed by atoms with Gasteiger partial charge in [-0.2, -0.15) is 0 Å². The Morgan fingerprint density at radius 1 is 0.364 bits per heavy atom. The maximum atomic E-state index is 5.13. The van der Waals surface area contributed by atoms with Gasteiger partial charge >= 0.3 is 21.1 Å². The van der Waals surface area contributed by atoms with Gasteiger partial charge in [0.05, 0.1) is 22.1 Å². The second kappa shape index (κ2) is 6.63. The van der Waals surface area contributed by atoms with Gasteiger partial charge < -0.3 is 9.97 Å². The Kier molecular flexibility index (Phi) is 3.77. The summed E-state index contributed by atoms with van der Waals surface area (Å²) in [6, 6.07) is 29.2. The van der Waals surface area contributed by atoms with Crippen LogP contribution in [-0.2, 0) is 21.1 Å². The standard InChI is InChI=1S/C28H14N4.Pt/c1-5-15-17-13-14-18-16-6-2-8-20-22-10-4-12-24(30-22)23-11-3-9-21(29-23)19(7-1)25(15)31-27(17)28(18)32-26(16)20;/h1-14H;/q-2;+2. The molecule has 5 heteroatoms. The molecule has 0 spiro atoms. The van der Waals surface area contributed by atoms with Crippen molar-refractivity contribution in [1.29, 1.82) is 0 Å². The number of rotatable bonds is 0. The maximum Gasteiger partial charge on any atom is 2.00 e. The molecule has 0 aliphatic rings. The van der Waals surface area contributed by atoms with E-state index in [0.29, 0.717) is 0 Å². The molecular weight excluding hydrogens is 587 g/mol. The van der Waals surface area contributed by atoms with Crippen LogP contribution in [0.25, 0.3) is 76.5 Å². The van der Waals surface area contributed by atoms with Crippen LogP contribution in [0.15, 0.2) is 84.9 Å². The molecule has 3 aromatic carbocycles. The van der Waals surface area contributed by atoms with Gasteiger partial charge in [0.1, 0.15) is 0 Å². The summed E-state index contributed by atoms with van der Waals surface area (Å²) in [5.74, 6) is 0. The van der Waals surface area contributed by atoms with Crippen LogP contribution in [-0.4, -0.2) is 9.97 Å².